The Balaban J connectivity index is 1.69. The van der Waals surface area contributed by atoms with E-state index >= 15 is 0 Å². The molecule has 5 nitrogen and oxygen atoms in total. The minimum absolute atomic E-state index is 0.0307. The molecule has 0 fully saturated rings. The van der Waals surface area contributed by atoms with Crippen molar-refractivity contribution in [3.8, 4) is 16.9 Å². The molecule has 0 saturated heterocycles. The fourth-order valence-corrected chi connectivity index (χ4v) is 4.47. The molecule has 0 spiro atoms. The molecule has 0 aromatic heterocycles. The van der Waals surface area contributed by atoms with Crippen molar-refractivity contribution in [3.05, 3.63) is 77.9 Å². The highest BCUT2D eigenvalue weighted by Crippen LogP contribution is 3.02. The molecule has 3 aromatic carbocycles. The molecule has 11 heteroatoms. The van der Waals surface area contributed by atoms with Crippen LogP contribution in [0.3, 0.4) is 0 Å². The maximum absolute atomic E-state index is 13.4. The second kappa shape index (κ2) is 7.09. The average molecular weight is 486 g/mol. The summed E-state index contributed by atoms with van der Waals surface area (Å²) < 4.78 is 67.0. The van der Waals surface area contributed by atoms with Crippen LogP contribution in [0.4, 0.5) is 29.9 Å². The maximum atomic E-state index is 13.4. The summed E-state index contributed by atoms with van der Waals surface area (Å²) in [5.74, 6) is -0.108. The molecule has 33 heavy (non-hydrogen) atoms. The molecule has 176 valence electrons. The second-order valence-corrected chi connectivity index (χ2v) is 10.2. The third kappa shape index (κ3) is 4.88. The largest absolute Gasteiger partial charge is 0.508 e. The predicted octanol–water partition coefficient (Wildman–Crippen LogP) is 6.50. The molecule has 3 aromatic rings. The molecule has 0 saturated carbocycles. The van der Waals surface area contributed by atoms with Crippen LogP contribution in [0.5, 0.6) is 5.75 Å². The van der Waals surface area contributed by atoms with Gasteiger partial charge in [0, 0.05) is 12.0 Å². The maximum Gasteiger partial charge on any atom is 0.319 e. The molecule has 0 bridgehead atoms. The van der Waals surface area contributed by atoms with Gasteiger partial charge < -0.3 is 20.8 Å². The summed E-state index contributed by atoms with van der Waals surface area (Å²) in [4.78, 5) is 10.5. The van der Waals surface area contributed by atoms with Crippen LogP contribution in [0.1, 0.15) is 17.2 Å². The van der Waals surface area contributed by atoms with Gasteiger partial charge >= 0.3 is 16.3 Å². The first-order chi connectivity index (χ1) is 15.2. The van der Waals surface area contributed by atoms with Crippen LogP contribution in [0.15, 0.2) is 71.6 Å². The van der Waals surface area contributed by atoms with Gasteiger partial charge in [-0.3, -0.25) is 0 Å². The van der Waals surface area contributed by atoms with Crippen molar-refractivity contribution in [1.82, 2.24) is 5.32 Å². The number of carbonyl (C=O) groups excluding carboxylic acids is 1. The number of hydrogen-bond donors (Lipinski definition) is 4. The molecule has 1 aliphatic rings. The van der Waals surface area contributed by atoms with Crippen LogP contribution >= 0.6 is 10.2 Å². The van der Waals surface area contributed by atoms with Crippen molar-refractivity contribution in [3.63, 3.8) is 0 Å². The highest BCUT2D eigenvalue weighted by atomic mass is 32.5. The van der Waals surface area contributed by atoms with E-state index in [0.717, 1.165) is 11.6 Å². The molecule has 2 amide bonds. The Morgan fingerprint density at radius 2 is 1.61 bits per heavy atom. The quantitative estimate of drug-likeness (QED) is 0.318. The number of fused-ring (bicyclic) bond motifs is 1. The number of aliphatic hydroxyl groups is 1. The molecule has 2 unspecified atom stereocenters. The van der Waals surface area contributed by atoms with Gasteiger partial charge in [0.25, 0.3) is 0 Å². The van der Waals surface area contributed by atoms with Crippen LogP contribution in [-0.4, -0.2) is 22.3 Å². The van der Waals surface area contributed by atoms with E-state index in [4.69, 9.17) is 0 Å². The van der Waals surface area contributed by atoms with E-state index in [0.29, 0.717) is 5.56 Å². The summed E-state index contributed by atoms with van der Waals surface area (Å²) in [6.07, 6.45) is -0.680. The molecule has 4 rings (SSSR count). The third-order valence-electron chi connectivity index (χ3n) is 5.35. The summed E-state index contributed by atoms with van der Waals surface area (Å²) in [6.45, 7) is 0. The summed E-state index contributed by atoms with van der Waals surface area (Å²) >= 11 is 0. The van der Waals surface area contributed by atoms with Gasteiger partial charge in [0.05, 0.1) is 17.8 Å². The highest BCUT2D eigenvalue weighted by molar-refractivity contribution is 8.45. The number of hydrogen-bond acceptors (Lipinski definition) is 3. The lowest BCUT2D eigenvalue weighted by Gasteiger charge is -2.40. The van der Waals surface area contributed by atoms with Gasteiger partial charge in [-0.2, -0.15) is 0 Å². The highest BCUT2D eigenvalue weighted by Gasteiger charge is 2.65. The van der Waals surface area contributed by atoms with Crippen LogP contribution < -0.4 is 10.6 Å². The van der Waals surface area contributed by atoms with E-state index < -0.39 is 39.0 Å². The average Bonchev–Trinajstić information content (AvgIpc) is 3.02. The summed E-state index contributed by atoms with van der Waals surface area (Å²) in [6, 6.07) is 11.7. The van der Waals surface area contributed by atoms with Crippen molar-refractivity contribution >= 4 is 21.9 Å². The van der Waals surface area contributed by atoms with Gasteiger partial charge in [-0.1, -0.05) is 61.9 Å². The minimum atomic E-state index is -10.0. The normalized spacial score (nSPS) is 19.8. The second-order valence-electron chi connectivity index (χ2n) is 7.77. The number of aliphatic hydroxyl groups excluding tert-OH is 1. The lowest BCUT2D eigenvalue weighted by molar-refractivity contribution is 0.144. The van der Waals surface area contributed by atoms with E-state index in [1.54, 1.807) is 24.3 Å². The molecule has 0 aliphatic heterocycles. The van der Waals surface area contributed by atoms with Crippen molar-refractivity contribution in [2.75, 3.05) is 5.32 Å². The van der Waals surface area contributed by atoms with Crippen LogP contribution in [0.2, 0.25) is 0 Å². The Kier molecular flexibility index (Phi) is 4.92. The predicted molar refractivity (Wildman–Crippen MR) is 116 cm³/mol. The molecule has 0 radical (unpaired) electrons. The van der Waals surface area contributed by atoms with E-state index in [-0.39, 0.29) is 35.4 Å². The topological polar surface area (TPSA) is 81.6 Å². The molecular formula is C22H19F5N2O3S. The van der Waals surface area contributed by atoms with E-state index in [1.165, 1.54) is 24.3 Å². The van der Waals surface area contributed by atoms with Gasteiger partial charge in [-0.25, -0.2) is 4.79 Å². The zero-order chi connectivity index (χ0) is 24.1. The van der Waals surface area contributed by atoms with E-state index in [2.05, 4.69) is 10.6 Å². The lowest BCUT2D eigenvalue weighted by atomic mass is 10.0. The number of rotatable bonds is 4. The monoisotopic (exact) mass is 486 g/mol. The Hall–Kier alpha value is -3.31. The number of carbonyl (C=O) groups is 1. The number of phenols is 1. The first-order valence-electron chi connectivity index (χ1n) is 9.72. The first kappa shape index (κ1) is 22.9. The standard InChI is InChI=1S/C22H19F5N2O3S/c23-33(24,25,26,27)16-9-10-17(13-5-7-15(30)8-6-13)19(12-16)28-22(32)29-21-18-4-2-1-3-14(18)11-20(21)31/h1-10,12,20-21,30-31H,11H2,(H2,28,29,32). The third-order valence-corrected chi connectivity index (χ3v) is 6.50. The van der Waals surface area contributed by atoms with Gasteiger partial charge in [0.1, 0.15) is 10.6 Å². The number of aromatic hydroxyl groups is 1. The summed E-state index contributed by atoms with van der Waals surface area (Å²) in [5.41, 5.74) is 1.26. The minimum Gasteiger partial charge on any atom is -0.508 e. The molecule has 1 aliphatic carbocycles. The van der Waals surface area contributed by atoms with Crippen molar-refractivity contribution in [2.24, 2.45) is 0 Å². The molecule has 4 N–H and O–H groups in total. The van der Waals surface area contributed by atoms with Crippen LogP contribution in [-0.2, 0) is 6.42 Å². The number of benzene rings is 3. The fourth-order valence-electron chi connectivity index (χ4n) is 3.81. The van der Waals surface area contributed by atoms with Crippen LogP contribution in [0.25, 0.3) is 11.1 Å². The van der Waals surface area contributed by atoms with Gasteiger partial charge in [0.2, 0.25) is 0 Å². The molecule has 0 heterocycles. The Bertz CT molecular complexity index is 1230. The van der Waals surface area contributed by atoms with Crippen molar-refractivity contribution in [2.45, 2.75) is 23.5 Å². The summed E-state index contributed by atoms with van der Waals surface area (Å²) in [7, 11) is -10.0. The van der Waals surface area contributed by atoms with E-state index in [9.17, 15) is 34.4 Å². The van der Waals surface area contributed by atoms with Gasteiger partial charge in [-0.15, -0.1) is 0 Å². The Morgan fingerprint density at radius 1 is 0.939 bits per heavy atom. The number of amides is 2. The number of halogens is 5. The smallest absolute Gasteiger partial charge is 0.319 e. The number of phenolic OH excluding ortho intramolecular Hbond substituents is 1. The van der Waals surface area contributed by atoms with Gasteiger partial charge in [0.15, 0.2) is 0 Å². The SMILES string of the molecule is O=C(Nc1cc(S(F)(F)(F)(F)F)ccc1-c1ccc(O)cc1)NC1c2ccccc2CC1O. The number of urea groups is 1. The number of nitrogens with one attached hydrogen (secondary N) is 2. The molecule has 2 atom stereocenters. The molecular weight excluding hydrogens is 467 g/mol. The summed E-state index contributed by atoms with van der Waals surface area (Å²) in [5, 5.41) is 24.5. The Morgan fingerprint density at radius 3 is 2.27 bits per heavy atom. The van der Waals surface area contributed by atoms with Gasteiger partial charge in [-0.05, 0) is 41.0 Å². The zero-order valence-corrected chi connectivity index (χ0v) is 17.6. The Labute approximate surface area is 185 Å². The number of anilines is 1. The van der Waals surface area contributed by atoms with Crippen molar-refractivity contribution < 1.29 is 34.4 Å². The van der Waals surface area contributed by atoms with E-state index in [1.807, 2.05) is 0 Å². The fraction of sp³-hybridized carbons (Fsp3) is 0.136. The van der Waals surface area contributed by atoms with Crippen molar-refractivity contribution in [1.29, 1.82) is 0 Å². The van der Waals surface area contributed by atoms with Crippen LogP contribution in [0, 0.1) is 0 Å². The zero-order valence-electron chi connectivity index (χ0n) is 16.8. The first-order valence-corrected chi connectivity index (χ1v) is 11.7. The lowest BCUT2D eigenvalue weighted by Crippen LogP contribution is -2.37.